The molecule has 2 aromatic carbocycles. The van der Waals surface area contributed by atoms with Gasteiger partial charge in [0.05, 0.1) is 28.6 Å². The summed E-state index contributed by atoms with van der Waals surface area (Å²) >= 11 is 0. The normalized spacial score (nSPS) is 21.8. The first-order chi connectivity index (χ1) is 18.9. The summed E-state index contributed by atoms with van der Waals surface area (Å²) in [6.45, 7) is 4.19. The van der Waals surface area contributed by atoms with E-state index in [1.54, 1.807) is 18.2 Å². The molecule has 204 valence electrons. The average Bonchev–Trinajstić information content (AvgIpc) is 3.29. The highest BCUT2D eigenvalue weighted by Crippen LogP contribution is 2.34. The lowest BCUT2D eigenvalue weighted by molar-refractivity contribution is -0.135. The number of ether oxygens (including phenoxy) is 1. The van der Waals surface area contributed by atoms with Gasteiger partial charge in [-0.05, 0) is 63.1 Å². The van der Waals surface area contributed by atoms with Crippen LogP contribution < -0.4 is 20.7 Å². The molecule has 0 saturated carbocycles. The van der Waals surface area contributed by atoms with Crippen molar-refractivity contribution in [2.75, 3.05) is 44.6 Å². The third kappa shape index (κ3) is 6.28. The highest BCUT2D eigenvalue weighted by Gasteiger charge is 2.41. The molecule has 1 spiro atoms. The molecule has 1 saturated heterocycles. The lowest BCUT2D eigenvalue weighted by Crippen LogP contribution is -2.53. The fraction of sp³-hybridized carbons (Fsp3) is 0.379. The number of nitrogens with one attached hydrogen (secondary N) is 4. The molecule has 2 aliphatic rings. The zero-order valence-corrected chi connectivity index (χ0v) is 22.1. The van der Waals surface area contributed by atoms with Crippen LogP contribution in [0.3, 0.4) is 0 Å². The number of aromatic nitrogens is 2. The Morgan fingerprint density at radius 3 is 2.87 bits per heavy atom. The van der Waals surface area contributed by atoms with Crippen molar-refractivity contribution >= 4 is 34.4 Å². The maximum Gasteiger partial charge on any atom is 0.255 e. The molecule has 10 nitrogen and oxygen atoms in total. The fourth-order valence-electron chi connectivity index (χ4n) is 5.36. The van der Waals surface area contributed by atoms with Gasteiger partial charge in [0.1, 0.15) is 18.2 Å². The number of aryl methyl sites for hydroxylation is 1. The van der Waals surface area contributed by atoms with E-state index in [0.29, 0.717) is 49.5 Å². The molecule has 3 aromatic rings. The van der Waals surface area contributed by atoms with Gasteiger partial charge in [0, 0.05) is 25.3 Å². The Morgan fingerprint density at radius 1 is 1.13 bits per heavy atom. The number of benzene rings is 2. The Hall–Kier alpha value is -4.18. The van der Waals surface area contributed by atoms with Crippen molar-refractivity contribution in [3.63, 3.8) is 0 Å². The lowest BCUT2D eigenvalue weighted by atomic mass is 9.76. The second-order valence-electron chi connectivity index (χ2n) is 10.2. The minimum Gasteiger partial charge on any atom is -0.489 e. The van der Waals surface area contributed by atoms with E-state index >= 15 is 0 Å². The summed E-state index contributed by atoms with van der Waals surface area (Å²) in [5, 5.41) is 8.85. The van der Waals surface area contributed by atoms with Crippen LogP contribution in [0, 0.1) is 12.3 Å². The smallest absolute Gasteiger partial charge is 0.255 e. The topological polar surface area (TPSA) is 128 Å². The molecule has 2 aliphatic heterocycles. The first kappa shape index (κ1) is 26.4. The number of hydrogen-bond donors (Lipinski definition) is 4. The second kappa shape index (κ2) is 11.7. The van der Waals surface area contributed by atoms with E-state index in [-0.39, 0.29) is 30.9 Å². The molecule has 0 bridgehead atoms. The van der Waals surface area contributed by atoms with Gasteiger partial charge in [0.15, 0.2) is 0 Å². The molecule has 1 fully saturated rings. The van der Waals surface area contributed by atoms with Gasteiger partial charge in [-0.25, -0.2) is 4.98 Å². The third-order valence-corrected chi connectivity index (χ3v) is 7.23. The van der Waals surface area contributed by atoms with E-state index in [2.05, 4.69) is 25.9 Å². The first-order valence-corrected chi connectivity index (χ1v) is 13.3. The molecule has 3 amide bonds. The molecule has 5 rings (SSSR count). The van der Waals surface area contributed by atoms with Crippen molar-refractivity contribution in [1.82, 2.24) is 25.5 Å². The van der Waals surface area contributed by atoms with Gasteiger partial charge in [-0.1, -0.05) is 24.3 Å². The van der Waals surface area contributed by atoms with E-state index < -0.39 is 5.41 Å². The maximum absolute atomic E-state index is 13.5. The predicted octanol–water partition coefficient (Wildman–Crippen LogP) is 2.78. The van der Waals surface area contributed by atoms with Crippen molar-refractivity contribution in [2.24, 2.45) is 5.41 Å². The van der Waals surface area contributed by atoms with Crippen LogP contribution in [-0.2, 0) is 9.59 Å². The third-order valence-electron chi connectivity index (χ3n) is 7.23. The number of piperidine rings is 1. The standard InChI is InChI=1S/C29H34N6O4/c1-20-32-23-10-9-21(17-24(23)33-20)34-26(36)18-35-15-6-12-29(19-35)11-4-5-16-39-25-8-3-2-7-22(25)27(37)30-13-14-31-28(29)38/h2-5,7-10,17H,6,11-16,18-19H2,1H3,(H,30,37)(H,31,38)(H,32,33)(H,34,36)/b5-4-. The van der Waals surface area contributed by atoms with Gasteiger partial charge in [-0.3, -0.25) is 19.3 Å². The summed E-state index contributed by atoms with van der Waals surface area (Å²) in [6.07, 6.45) is 5.90. The van der Waals surface area contributed by atoms with E-state index in [1.807, 2.05) is 48.2 Å². The van der Waals surface area contributed by atoms with Crippen LogP contribution in [0.5, 0.6) is 5.75 Å². The molecule has 1 unspecified atom stereocenters. The lowest BCUT2D eigenvalue weighted by Gasteiger charge is -2.41. The minimum atomic E-state index is -0.673. The quantitative estimate of drug-likeness (QED) is 0.386. The summed E-state index contributed by atoms with van der Waals surface area (Å²) < 4.78 is 5.85. The second-order valence-corrected chi connectivity index (χ2v) is 10.2. The number of imidazole rings is 1. The monoisotopic (exact) mass is 530 g/mol. The van der Waals surface area contributed by atoms with Gasteiger partial charge in [0.25, 0.3) is 5.91 Å². The van der Waals surface area contributed by atoms with E-state index in [4.69, 9.17) is 4.74 Å². The van der Waals surface area contributed by atoms with Crippen LogP contribution in [0.25, 0.3) is 11.0 Å². The zero-order chi connectivity index (χ0) is 27.2. The van der Waals surface area contributed by atoms with Gasteiger partial charge >= 0.3 is 0 Å². The van der Waals surface area contributed by atoms with Crippen molar-refractivity contribution in [2.45, 2.75) is 26.2 Å². The highest BCUT2D eigenvalue weighted by molar-refractivity contribution is 5.97. The summed E-state index contributed by atoms with van der Waals surface area (Å²) in [5.41, 5.74) is 2.21. The number of nitrogens with zero attached hydrogens (tertiary/aromatic N) is 2. The number of rotatable bonds is 3. The SMILES string of the molecule is Cc1nc2ccc(NC(=O)CN3CCCC4(C/C=C\COc5ccccc5C(=O)NCCNC4=O)C3)cc2[nH]1. The number of anilines is 1. The van der Waals surface area contributed by atoms with E-state index in [1.165, 1.54) is 0 Å². The Morgan fingerprint density at radius 2 is 1.97 bits per heavy atom. The minimum absolute atomic E-state index is 0.0649. The molecule has 1 atom stereocenters. The van der Waals surface area contributed by atoms with Crippen LogP contribution in [0.2, 0.25) is 0 Å². The Labute approximate surface area is 227 Å². The van der Waals surface area contributed by atoms with Crippen LogP contribution in [0.15, 0.2) is 54.6 Å². The Bertz CT molecular complexity index is 1400. The average molecular weight is 531 g/mol. The number of H-pyrrole nitrogens is 1. The predicted molar refractivity (Wildman–Crippen MR) is 149 cm³/mol. The van der Waals surface area contributed by atoms with E-state index in [9.17, 15) is 14.4 Å². The molecule has 0 aliphatic carbocycles. The number of para-hydroxylation sites is 1. The summed E-state index contributed by atoms with van der Waals surface area (Å²) in [5.74, 6) is 0.903. The molecule has 1 aromatic heterocycles. The van der Waals surface area contributed by atoms with Gasteiger partial charge in [0.2, 0.25) is 11.8 Å². The van der Waals surface area contributed by atoms with Gasteiger partial charge < -0.3 is 25.7 Å². The zero-order valence-electron chi connectivity index (χ0n) is 22.1. The van der Waals surface area contributed by atoms with Crippen molar-refractivity contribution < 1.29 is 19.1 Å². The number of hydrogen-bond acceptors (Lipinski definition) is 6. The number of likely N-dealkylation sites (tertiary alicyclic amines) is 1. The van der Waals surface area contributed by atoms with Crippen LogP contribution >= 0.6 is 0 Å². The largest absolute Gasteiger partial charge is 0.489 e. The maximum atomic E-state index is 13.5. The summed E-state index contributed by atoms with van der Waals surface area (Å²) in [7, 11) is 0. The van der Waals surface area contributed by atoms with Crippen LogP contribution in [-0.4, -0.2) is 71.9 Å². The van der Waals surface area contributed by atoms with Gasteiger partial charge in [-0.2, -0.15) is 0 Å². The molecular formula is C29H34N6O4. The van der Waals surface area contributed by atoms with Crippen molar-refractivity contribution in [1.29, 1.82) is 0 Å². The van der Waals surface area contributed by atoms with Gasteiger partial charge in [-0.15, -0.1) is 0 Å². The summed E-state index contributed by atoms with van der Waals surface area (Å²) in [4.78, 5) is 48.6. The Balaban J connectivity index is 1.25. The number of carbonyl (C=O) groups is 3. The highest BCUT2D eigenvalue weighted by atomic mass is 16.5. The molecule has 10 heteroatoms. The van der Waals surface area contributed by atoms with Crippen LogP contribution in [0.1, 0.15) is 35.4 Å². The first-order valence-electron chi connectivity index (χ1n) is 13.3. The molecule has 39 heavy (non-hydrogen) atoms. The fourth-order valence-corrected chi connectivity index (χ4v) is 5.36. The summed E-state index contributed by atoms with van der Waals surface area (Å²) in [6, 6.07) is 12.7. The molecular weight excluding hydrogens is 496 g/mol. The number of amides is 3. The van der Waals surface area contributed by atoms with E-state index in [0.717, 1.165) is 29.8 Å². The number of allylic oxidation sites excluding steroid dienone is 1. The van der Waals surface area contributed by atoms with Crippen molar-refractivity contribution in [3.8, 4) is 5.75 Å². The number of carbonyl (C=O) groups excluding carboxylic acids is 3. The number of aromatic amines is 1. The van der Waals surface area contributed by atoms with Crippen LogP contribution in [0.4, 0.5) is 5.69 Å². The molecule has 4 N–H and O–H groups in total. The number of fused-ring (bicyclic) bond motifs is 2. The molecule has 3 heterocycles. The van der Waals surface area contributed by atoms with Crippen molar-refractivity contribution in [3.05, 3.63) is 66.0 Å². The Kier molecular flexibility index (Phi) is 7.92. The molecule has 0 radical (unpaired) electrons.